The number of nitrogens with one attached hydrogen (secondary N) is 1. The van der Waals surface area contributed by atoms with Crippen molar-refractivity contribution in [3.8, 4) is 17.2 Å². The topological polar surface area (TPSA) is 91.2 Å². The lowest BCUT2D eigenvalue weighted by molar-refractivity contribution is 0.0526. The van der Waals surface area contributed by atoms with Crippen molar-refractivity contribution in [1.29, 1.82) is 0 Å². The predicted octanol–water partition coefficient (Wildman–Crippen LogP) is 4.05. The van der Waals surface area contributed by atoms with Crippen LogP contribution in [-0.2, 0) is 4.74 Å². The van der Waals surface area contributed by atoms with Crippen molar-refractivity contribution in [3.05, 3.63) is 76.6 Å². The predicted molar refractivity (Wildman–Crippen MR) is 126 cm³/mol. The van der Waals surface area contributed by atoms with Gasteiger partial charge in [-0.3, -0.25) is 4.79 Å². The highest BCUT2D eigenvalue weighted by molar-refractivity contribution is 5.97. The molecule has 0 saturated carbocycles. The highest BCUT2D eigenvalue weighted by Gasteiger charge is 2.14. The van der Waals surface area contributed by atoms with Crippen molar-refractivity contribution in [2.75, 3.05) is 20.8 Å². The SMILES string of the molecule is CCOC(=O)c1ccc(-n2c(C)cc(C=NNC(=O)c3ccc(OC)cc3OC)c2C)cc1. The fourth-order valence-corrected chi connectivity index (χ4v) is 3.48. The van der Waals surface area contributed by atoms with Gasteiger partial charge in [-0.15, -0.1) is 0 Å². The van der Waals surface area contributed by atoms with Gasteiger partial charge >= 0.3 is 5.97 Å². The van der Waals surface area contributed by atoms with Gasteiger partial charge in [0.15, 0.2) is 0 Å². The average Bonchev–Trinajstić information content (AvgIpc) is 3.11. The fraction of sp³-hybridized carbons (Fsp3) is 0.240. The van der Waals surface area contributed by atoms with Crippen molar-refractivity contribution >= 4 is 18.1 Å². The lowest BCUT2D eigenvalue weighted by atomic mass is 10.2. The standard InChI is InChI=1S/C25H27N3O5/c1-6-33-25(30)18-7-9-20(10-8-18)28-16(2)13-19(17(28)3)15-26-27-24(29)22-12-11-21(31-4)14-23(22)32-5/h7-15H,6H2,1-5H3,(H,27,29). The Bertz CT molecular complexity index is 1180. The number of aryl methyl sites for hydroxylation is 1. The molecule has 8 heteroatoms. The van der Waals surface area contributed by atoms with Crippen LogP contribution in [0.2, 0.25) is 0 Å². The molecule has 0 spiro atoms. The summed E-state index contributed by atoms with van der Waals surface area (Å²) in [5.74, 6) is 0.247. The number of amides is 1. The molecular formula is C25H27N3O5. The third kappa shape index (κ3) is 5.23. The summed E-state index contributed by atoms with van der Waals surface area (Å²) < 4.78 is 17.5. The van der Waals surface area contributed by atoms with E-state index in [1.54, 1.807) is 50.6 Å². The highest BCUT2D eigenvalue weighted by atomic mass is 16.5. The van der Waals surface area contributed by atoms with E-state index in [0.717, 1.165) is 22.6 Å². The second kappa shape index (κ2) is 10.5. The van der Waals surface area contributed by atoms with Crippen molar-refractivity contribution in [2.45, 2.75) is 20.8 Å². The lowest BCUT2D eigenvalue weighted by Crippen LogP contribution is -2.18. The summed E-state index contributed by atoms with van der Waals surface area (Å²) in [6, 6.07) is 14.1. The van der Waals surface area contributed by atoms with Crippen LogP contribution in [0.1, 0.15) is 44.6 Å². The van der Waals surface area contributed by atoms with Crippen molar-refractivity contribution in [1.82, 2.24) is 9.99 Å². The maximum atomic E-state index is 12.5. The van der Waals surface area contributed by atoms with Gasteiger partial charge in [-0.25, -0.2) is 10.2 Å². The second-order valence-electron chi connectivity index (χ2n) is 7.19. The normalized spacial score (nSPS) is 10.8. The van der Waals surface area contributed by atoms with Crippen LogP contribution in [0.15, 0.2) is 53.6 Å². The summed E-state index contributed by atoms with van der Waals surface area (Å²) in [5.41, 5.74) is 7.07. The smallest absolute Gasteiger partial charge is 0.338 e. The first kappa shape index (κ1) is 23.6. The van der Waals surface area contributed by atoms with Gasteiger partial charge in [-0.05, 0) is 63.2 Å². The summed E-state index contributed by atoms with van der Waals surface area (Å²) in [7, 11) is 3.03. The molecule has 0 atom stereocenters. The number of hydrogen-bond donors (Lipinski definition) is 1. The second-order valence-corrected chi connectivity index (χ2v) is 7.19. The number of methoxy groups -OCH3 is 2. The number of aromatic nitrogens is 1. The van der Waals surface area contributed by atoms with E-state index in [1.807, 2.05) is 36.6 Å². The molecule has 0 radical (unpaired) electrons. The Morgan fingerprint density at radius 2 is 1.76 bits per heavy atom. The number of esters is 1. The quantitative estimate of drug-likeness (QED) is 0.318. The van der Waals surface area contributed by atoms with Crippen LogP contribution in [0.5, 0.6) is 11.5 Å². The maximum absolute atomic E-state index is 12.5. The lowest BCUT2D eigenvalue weighted by Gasteiger charge is -2.10. The maximum Gasteiger partial charge on any atom is 0.338 e. The zero-order valence-electron chi connectivity index (χ0n) is 19.3. The largest absolute Gasteiger partial charge is 0.497 e. The minimum absolute atomic E-state index is 0.334. The Hall–Kier alpha value is -4.07. The van der Waals surface area contributed by atoms with Gasteiger partial charge in [0.2, 0.25) is 0 Å². The Labute approximate surface area is 192 Å². The van der Waals surface area contributed by atoms with Gasteiger partial charge in [-0.1, -0.05) is 0 Å². The number of hydrogen-bond acceptors (Lipinski definition) is 6. The Kier molecular flexibility index (Phi) is 7.50. The molecule has 0 saturated heterocycles. The van der Waals surface area contributed by atoms with Crippen LogP contribution in [0, 0.1) is 13.8 Å². The van der Waals surface area contributed by atoms with E-state index in [0.29, 0.717) is 29.2 Å². The molecule has 0 aliphatic rings. The summed E-state index contributed by atoms with van der Waals surface area (Å²) in [5, 5.41) is 4.12. The Morgan fingerprint density at radius 3 is 2.39 bits per heavy atom. The number of nitrogens with zero attached hydrogens (tertiary/aromatic N) is 2. The number of hydrazone groups is 1. The molecule has 0 aliphatic heterocycles. The van der Waals surface area contributed by atoms with Gasteiger partial charge in [0.05, 0.1) is 38.2 Å². The molecule has 3 rings (SSSR count). The summed E-state index contributed by atoms with van der Waals surface area (Å²) in [6.45, 7) is 6.05. The van der Waals surface area contributed by atoms with E-state index in [9.17, 15) is 9.59 Å². The van der Waals surface area contributed by atoms with Crippen LogP contribution < -0.4 is 14.9 Å². The van der Waals surface area contributed by atoms with Gasteiger partial charge < -0.3 is 18.8 Å². The number of benzene rings is 2. The van der Waals surface area contributed by atoms with E-state index in [1.165, 1.54) is 7.11 Å². The van der Waals surface area contributed by atoms with Gasteiger partial charge in [0, 0.05) is 28.7 Å². The molecule has 0 bridgehead atoms. The van der Waals surface area contributed by atoms with Crippen LogP contribution in [0.25, 0.3) is 5.69 Å². The van der Waals surface area contributed by atoms with Crippen molar-refractivity contribution < 1.29 is 23.8 Å². The first-order valence-corrected chi connectivity index (χ1v) is 10.4. The Balaban J connectivity index is 1.76. The zero-order valence-corrected chi connectivity index (χ0v) is 19.3. The number of carbonyl (C=O) groups excluding carboxylic acids is 2. The molecule has 1 aromatic heterocycles. The molecule has 8 nitrogen and oxygen atoms in total. The molecule has 1 amide bonds. The molecule has 0 fully saturated rings. The van der Waals surface area contributed by atoms with E-state index >= 15 is 0 Å². The molecule has 172 valence electrons. The average molecular weight is 450 g/mol. The van der Waals surface area contributed by atoms with E-state index in [4.69, 9.17) is 14.2 Å². The number of carbonyl (C=O) groups is 2. The number of rotatable bonds is 8. The van der Waals surface area contributed by atoms with Gasteiger partial charge in [0.1, 0.15) is 11.5 Å². The Morgan fingerprint density at radius 1 is 1.03 bits per heavy atom. The first-order valence-electron chi connectivity index (χ1n) is 10.4. The minimum atomic E-state index is -0.394. The highest BCUT2D eigenvalue weighted by Crippen LogP contribution is 2.24. The van der Waals surface area contributed by atoms with Crippen LogP contribution in [0.4, 0.5) is 0 Å². The molecule has 3 aromatic rings. The molecule has 0 unspecified atom stereocenters. The van der Waals surface area contributed by atoms with Crippen molar-refractivity contribution in [3.63, 3.8) is 0 Å². The molecule has 2 aromatic carbocycles. The number of ether oxygens (including phenoxy) is 3. The van der Waals surface area contributed by atoms with Gasteiger partial charge in [0.25, 0.3) is 5.91 Å². The third-order valence-electron chi connectivity index (χ3n) is 5.13. The van der Waals surface area contributed by atoms with E-state index in [-0.39, 0.29) is 5.97 Å². The summed E-state index contributed by atoms with van der Waals surface area (Å²) in [6.07, 6.45) is 1.60. The zero-order chi connectivity index (χ0) is 24.0. The minimum Gasteiger partial charge on any atom is -0.497 e. The van der Waals surface area contributed by atoms with E-state index in [2.05, 4.69) is 10.5 Å². The molecule has 33 heavy (non-hydrogen) atoms. The van der Waals surface area contributed by atoms with Crippen LogP contribution >= 0.6 is 0 Å². The molecule has 0 aliphatic carbocycles. The summed E-state index contributed by atoms with van der Waals surface area (Å²) in [4.78, 5) is 24.4. The van der Waals surface area contributed by atoms with Gasteiger partial charge in [-0.2, -0.15) is 5.10 Å². The molecular weight excluding hydrogens is 422 g/mol. The van der Waals surface area contributed by atoms with Crippen molar-refractivity contribution in [2.24, 2.45) is 5.10 Å². The molecule has 1 heterocycles. The fourth-order valence-electron chi connectivity index (χ4n) is 3.48. The summed E-state index contributed by atoms with van der Waals surface area (Å²) >= 11 is 0. The van der Waals surface area contributed by atoms with Crippen LogP contribution in [-0.4, -0.2) is 43.5 Å². The third-order valence-corrected chi connectivity index (χ3v) is 5.13. The van der Waals surface area contributed by atoms with E-state index < -0.39 is 5.91 Å². The monoisotopic (exact) mass is 449 g/mol. The first-order chi connectivity index (χ1) is 15.9. The molecule has 1 N–H and O–H groups in total. The van der Waals surface area contributed by atoms with Crippen LogP contribution in [0.3, 0.4) is 0 Å².